The van der Waals surface area contributed by atoms with E-state index in [0.29, 0.717) is 5.69 Å². The monoisotopic (exact) mass is 293 g/mol. The molecule has 0 bridgehead atoms. The van der Waals surface area contributed by atoms with Gasteiger partial charge in [0.1, 0.15) is 5.69 Å². The number of hydrogen-bond donors (Lipinski definition) is 0. The third-order valence-electron chi connectivity index (χ3n) is 3.14. The minimum atomic E-state index is 0.642. The molecular weight excluding hydrogens is 282 g/mol. The van der Waals surface area contributed by atoms with Crippen LogP contribution in [0.1, 0.15) is 23.3 Å². The maximum absolute atomic E-state index is 11.3. The van der Waals surface area contributed by atoms with Crippen molar-refractivity contribution in [1.82, 2.24) is 9.38 Å². The molecule has 1 aliphatic rings. The minimum Gasteiger partial charge on any atom is -0.355 e. The number of imidazole rings is 1. The van der Waals surface area contributed by atoms with Crippen LogP contribution in [0, 0.1) is 0 Å². The van der Waals surface area contributed by atoms with Crippen LogP contribution in [0.3, 0.4) is 0 Å². The predicted molar refractivity (Wildman–Crippen MR) is 69.7 cm³/mol. The van der Waals surface area contributed by atoms with E-state index in [1.165, 1.54) is 12.8 Å². The Balaban J connectivity index is 2.23. The Labute approximate surface area is 107 Å². The first-order chi connectivity index (χ1) is 8.31. The molecule has 0 N–H and O–H groups in total. The molecule has 0 radical (unpaired) electrons. The van der Waals surface area contributed by atoms with Crippen LogP contribution in [0.15, 0.2) is 22.8 Å². The van der Waals surface area contributed by atoms with Gasteiger partial charge in [-0.15, -0.1) is 0 Å². The molecule has 0 atom stereocenters. The first kappa shape index (κ1) is 10.8. The first-order valence-electron chi connectivity index (χ1n) is 5.68. The van der Waals surface area contributed by atoms with E-state index in [9.17, 15) is 4.79 Å². The Kier molecular flexibility index (Phi) is 2.63. The molecule has 2 aromatic heterocycles. The number of rotatable bonds is 2. The van der Waals surface area contributed by atoms with Crippen molar-refractivity contribution in [3.63, 3.8) is 0 Å². The molecule has 2 aromatic rings. The summed E-state index contributed by atoms with van der Waals surface area (Å²) in [6.07, 6.45) is 5.11. The lowest BCUT2D eigenvalue weighted by atomic mass is 10.4. The zero-order chi connectivity index (χ0) is 11.8. The highest BCUT2D eigenvalue weighted by molar-refractivity contribution is 9.10. The van der Waals surface area contributed by atoms with E-state index in [0.717, 1.165) is 35.3 Å². The van der Waals surface area contributed by atoms with Crippen molar-refractivity contribution in [1.29, 1.82) is 0 Å². The molecule has 0 unspecified atom stereocenters. The lowest BCUT2D eigenvalue weighted by Gasteiger charge is -2.14. The number of nitrogens with zero attached hydrogens (tertiary/aromatic N) is 3. The molecule has 5 heteroatoms. The zero-order valence-electron chi connectivity index (χ0n) is 9.27. The summed E-state index contributed by atoms with van der Waals surface area (Å²) in [5.74, 6) is 0.810. The van der Waals surface area contributed by atoms with Crippen molar-refractivity contribution in [3.05, 3.63) is 28.5 Å². The van der Waals surface area contributed by atoms with Crippen molar-refractivity contribution in [2.24, 2.45) is 0 Å². The van der Waals surface area contributed by atoms with Gasteiger partial charge in [-0.3, -0.25) is 9.20 Å². The van der Waals surface area contributed by atoms with Gasteiger partial charge >= 0.3 is 0 Å². The molecule has 3 rings (SSSR count). The average molecular weight is 294 g/mol. The second-order valence-electron chi connectivity index (χ2n) is 4.18. The normalized spacial score (nSPS) is 15.7. The summed E-state index contributed by atoms with van der Waals surface area (Å²) in [5, 5.41) is 0. The van der Waals surface area contributed by atoms with Crippen molar-refractivity contribution >= 4 is 33.7 Å². The van der Waals surface area contributed by atoms with E-state index in [2.05, 4.69) is 25.8 Å². The summed E-state index contributed by atoms with van der Waals surface area (Å²) in [6, 6.07) is 3.84. The van der Waals surface area contributed by atoms with Gasteiger partial charge in [0.15, 0.2) is 17.8 Å². The molecule has 0 aliphatic carbocycles. The third-order valence-corrected chi connectivity index (χ3v) is 3.76. The molecule has 0 amide bonds. The number of halogens is 1. The lowest BCUT2D eigenvalue weighted by Crippen LogP contribution is -2.19. The summed E-state index contributed by atoms with van der Waals surface area (Å²) in [7, 11) is 0. The van der Waals surface area contributed by atoms with Crippen LogP contribution in [0.4, 0.5) is 5.82 Å². The third kappa shape index (κ3) is 1.65. The summed E-state index contributed by atoms with van der Waals surface area (Å²) in [4.78, 5) is 18.0. The van der Waals surface area contributed by atoms with Crippen LogP contribution in [0.2, 0.25) is 0 Å². The summed E-state index contributed by atoms with van der Waals surface area (Å²) < 4.78 is 2.75. The molecule has 0 saturated carbocycles. The van der Waals surface area contributed by atoms with Gasteiger partial charge in [-0.2, -0.15) is 0 Å². The highest BCUT2D eigenvalue weighted by Crippen LogP contribution is 2.27. The molecule has 4 nitrogen and oxygen atoms in total. The standard InChI is InChI=1S/C12H12BrN3O/c13-9-4-3-7-16-10(8-17)12(14-11(9)16)15-5-1-2-6-15/h3-4,7-8H,1-2,5-6H2. The number of anilines is 1. The fourth-order valence-corrected chi connectivity index (χ4v) is 2.74. The highest BCUT2D eigenvalue weighted by atomic mass is 79.9. The SMILES string of the molecule is O=Cc1c(N2CCCC2)nc2c(Br)cccn12. The van der Waals surface area contributed by atoms with Gasteiger partial charge in [0.05, 0.1) is 4.47 Å². The second-order valence-corrected chi connectivity index (χ2v) is 5.04. The fraction of sp³-hybridized carbons (Fsp3) is 0.333. The largest absolute Gasteiger partial charge is 0.355 e. The molecule has 0 aromatic carbocycles. The van der Waals surface area contributed by atoms with Crippen molar-refractivity contribution in [2.75, 3.05) is 18.0 Å². The molecule has 88 valence electrons. The fourth-order valence-electron chi connectivity index (χ4n) is 2.31. The summed E-state index contributed by atoms with van der Waals surface area (Å²) in [5.41, 5.74) is 1.44. The van der Waals surface area contributed by atoms with Gasteiger partial charge in [-0.1, -0.05) is 0 Å². The number of fused-ring (bicyclic) bond motifs is 1. The van der Waals surface area contributed by atoms with Gasteiger partial charge in [-0.25, -0.2) is 4.98 Å². The molecule has 17 heavy (non-hydrogen) atoms. The van der Waals surface area contributed by atoms with Gasteiger partial charge in [0.25, 0.3) is 0 Å². The summed E-state index contributed by atoms with van der Waals surface area (Å²) >= 11 is 3.46. The molecule has 1 fully saturated rings. The van der Waals surface area contributed by atoms with E-state index in [-0.39, 0.29) is 0 Å². The lowest BCUT2D eigenvalue weighted by molar-refractivity contribution is 0.111. The van der Waals surface area contributed by atoms with Crippen LogP contribution in [-0.4, -0.2) is 28.8 Å². The number of aromatic nitrogens is 2. The number of carbonyl (C=O) groups excluding carboxylic acids is 1. The Morgan fingerprint density at radius 2 is 2.12 bits per heavy atom. The van der Waals surface area contributed by atoms with E-state index >= 15 is 0 Å². The minimum absolute atomic E-state index is 0.642. The van der Waals surface area contributed by atoms with Gasteiger partial charge in [-0.05, 0) is 40.9 Å². The van der Waals surface area contributed by atoms with E-state index < -0.39 is 0 Å². The van der Waals surface area contributed by atoms with Crippen LogP contribution in [0.5, 0.6) is 0 Å². The maximum Gasteiger partial charge on any atom is 0.170 e. The topological polar surface area (TPSA) is 37.6 Å². The number of pyridine rings is 1. The van der Waals surface area contributed by atoms with Gasteiger partial charge in [0, 0.05) is 19.3 Å². The van der Waals surface area contributed by atoms with E-state index in [4.69, 9.17) is 0 Å². The number of hydrogen-bond acceptors (Lipinski definition) is 3. The first-order valence-corrected chi connectivity index (χ1v) is 6.47. The van der Waals surface area contributed by atoms with Crippen LogP contribution >= 0.6 is 15.9 Å². The second kappa shape index (κ2) is 4.14. The molecule has 1 aliphatic heterocycles. The zero-order valence-corrected chi connectivity index (χ0v) is 10.9. The van der Waals surface area contributed by atoms with E-state index in [1.54, 1.807) is 0 Å². The molecule has 0 spiro atoms. The van der Waals surface area contributed by atoms with Crippen molar-refractivity contribution in [2.45, 2.75) is 12.8 Å². The maximum atomic E-state index is 11.3. The quantitative estimate of drug-likeness (QED) is 0.799. The Morgan fingerprint density at radius 1 is 1.35 bits per heavy atom. The smallest absolute Gasteiger partial charge is 0.170 e. The predicted octanol–water partition coefficient (Wildman–Crippen LogP) is 2.51. The Bertz CT molecular complexity index is 572. The molecule has 1 saturated heterocycles. The molecule has 3 heterocycles. The van der Waals surface area contributed by atoms with Gasteiger partial charge in [0.2, 0.25) is 0 Å². The number of aldehydes is 1. The van der Waals surface area contributed by atoms with Crippen molar-refractivity contribution < 1.29 is 4.79 Å². The van der Waals surface area contributed by atoms with Crippen LogP contribution in [0.25, 0.3) is 5.65 Å². The van der Waals surface area contributed by atoms with Crippen LogP contribution < -0.4 is 4.90 Å². The highest BCUT2D eigenvalue weighted by Gasteiger charge is 2.21. The van der Waals surface area contributed by atoms with Crippen molar-refractivity contribution in [3.8, 4) is 0 Å². The number of carbonyl (C=O) groups is 1. The molecular formula is C12H12BrN3O. The van der Waals surface area contributed by atoms with E-state index in [1.807, 2.05) is 22.7 Å². The Morgan fingerprint density at radius 3 is 2.82 bits per heavy atom. The average Bonchev–Trinajstić information content (AvgIpc) is 2.95. The summed E-state index contributed by atoms with van der Waals surface area (Å²) in [6.45, 7) is 1.98. The van der Waals surface area contributed by atoms with Gasteiger partial charge < -0.3 is 4.90 Å². The van der Waals surface area contributed by atoms with Crippen LogP contribution in [-0.2, 0) is 0 Å². The Hall–Kier alpha value is -1.36.